The van der Waals surface area contributed by atoms with Gasteiger partial charge in [0.25, 0.3) is 0 Å². The van der Waals surface area contributed by atoms with E-state index in [1.807, 2.05) is 11.8 Å². The van der Waals surface area contributed by atoms with Crippen LogP contribution in [0.2, 0.25) is 0 Å². The highest BCUT2D eigenvalue weighted by molar-refractivity contribution is 7.98. The second kappa shape index (κ2) is 6.54. The van der Waals surface area contributed by atoms with Gasteiger partial charge in [-0.25, -0.2) is 8.78 Å². The monoisotopic (exact) mass is 326 g/mol. The van der Waals surface area contributed by atoms with E-state index in [0.717, 1.165) is 25.3 Å². The summed E-state index contributed by atoms with van der Waals surface area (Å²) < 4.78 is 27.8. The molecule has 0 unspecified atom stereocenters. The SMILES string of the molecule is CSC[C@@H]1CCN([C@@H]2CCN(c3c(F)cccc3F)C2=O)C1. The van der Waals surface area contributed by atoms with E-state index >= 15 is 0 Å². The summed E-state index contributed by atoms with van der Waals surface area (Å²) in [6, 6.07) is 3.48. The number of carbonyl (C=O) groups is 1. The van der Waals surface area contributed by atoms with Crippen LogP contribution in [0.5, 0.6) is 0 Å². The van der Waals surface area contributed by atoms with Gasteiger partial charge in [0.1, 0.15) is 17.3 Å². The lowest BCUT2D eigenvalue weighted by molar-refractivity contribution is -0.121. The molecule has 0 saturated carbocycles. The molecule has 1 amide bonds. The molecule has 2 fully saturated rings. The van der Waals surface area contributed by atoms with E-state index in [1.165, 1.54) is 23.1 Å². The van der Waals surface area contributed by atoms with E-state index in [4.69, 9.17) is 0 Å². The number of likely N-dealkylation sites (tertiary alicyclic amines) is 1. The van der Waals surface area contributed by atoms with Crippen LogP contribution < -0.4 is 4.90 Å². The molecule has 2 atom stereocenters. The predicted octanol–water partition coefficient (Wildman–Crippen LogP) is 2.76. The van der Waals surface area contributed by atoms with Crippen LogP contribution in [0.25, 0.3) is 0 Å². The van der Waals surface area contributed by atoms with E-state index in [2.05, 4.69) is 11.2 Å². The lowest BCUT2D eigenvalue weighted by Gasteiger charge is -2.23. The average molecular weight is 326 g/mol. The molecule has 3 rings (SSSR count). The minimum atomic E-state index is -0.671. The van der Waals surface area contributed by atoms with Crippen molar-refractivity contribution in [3.8, 4) is 0 Å². The number of para-hydroxylation sites is 1. The van der Waals surface area contributed by atoms with Crippen LogP contribution in [0.3, 0.4) is 0 Å². The minimum absolute atomic E-state index is 0.172. The van der Waals surface area contributed by atoms with Crippen molar-refractivity contribution in [1.82, 2.24) is 4.90 Å². The molecule has 0 bridgehead atoms. The quantitative estimate of drug-likeness (QED) is 0.850. The van der Waals surface area contributed by atoms with Gasteiger partial charge in [0.15, 0.2) is 0 Å². The number of anilines is 1. The molecule has 0 N–H and O–H groups in total. The van der Waals surface area contributed by atoms with Crippen molar-refractivity contribution in [2.24, 2.45) is 5.92 Å². The maximum absolute atomic E-state index is 13.9. The third-order valence-electron chi connectivity index (χ3n) is 4.55. The highest BCUT2D eigenvalue weighted by Crippen LogP contribution is 2.31. The summed E-state index contributed by atoms with van der Waals surface area (Å²) >= 11 is 1.82. The summed E-state index contributed by atoms with van der Waals surface area (Å²) in [5.41, 5.74) is -0.199. The lowest BCUT2D eigenvalue weighted by atomic mass is 10.1. The molecule has 2 heterocycles. The van der Waals surface area contributed by atoms with Crippen LogP contribution >= 0.6 is 11.8 Å². The zero-order valence-corrected chi connectivity index (χ0v) is 13.4. The Morgan fingerprint density at radius 3 is 2.64 bits per heavy atom. The maximum Gasteiger partial charge on any atom is 0.244 e. The Balaban J connectivity index is 1.73. The Morgan fingerprint density at radius 2 is 1.95 bits per heavy atom. The smallest absolute Gasteiger partial charge is 0.244 e. The molecule has 0 aliphatic carbocycles. The molecule has 0 radical (unpaired) electrons. The van der Waals surface area contributed by atoms with Gasteiger partial charge in [0.2, 0.25) is 5.91 Å². The molecule has 6 heteroatoms. The molecule has 120 valence electrons. The van der Waals surface area contributed by atoms with Gasteiger partial charge in [0.05, 0.1) is 6.04 Å². The van der Waals surface area contributed by atoms with Crippen LogP contribution in [0, 0.1) is 17.6 Å². The molecule has 1 aromatic carbocycles. The number of thioether (sulfide) groups is 1. The van der Waals surface area contributed by atoms with Gasteiger partial charge in [-0.15, -0.1) is 0 Å². The van der Waals surface area contributed by atoms with E-state index in [1.54, 1.807) is 0 Å². The van der Waals surface area contributed by atoms with Crippen LogP contribution in [-0.4, -0.2) is 48.5 Å². The Morgan fingerprint density at radius 1 is 1.23 bits per heavy atom. The van der Waals surface area contributed by atoms with Crippen molar-refractivity contribution in [2.45, 2.75) is 18.9 Å². The number of halogens is 2. The molecule has 1 aromatic rings. The predicted molar refractivity (Wildman–Crippen MR) is 85.2 cm³/mol. The van der Waals surface area contributed by atoms with E-state index in [9.17, 15) is 13.6 Å². The molecule has 2 saturated heterocycles. The first-order valence-corrected chi connectivity index (χ1v) is 8.99. The number of hydrogen-bond acceptors (Lipinski definition) is 3. The molecule has 2 aliphatic rings. The fraction of sp³-hybridized carbons (Fsp3) is 0.562. The largest absolute Gasteiger partial charge is 0.306 e. The second-order valence-corrected chi connectivity index (χ2v) is 6.88. The number of hydrogen-bond donors (Lipinski definition) is 0. The summed E-state index contributed by atoms with van der Waals surface area (Å²) in [4.78, 5) is 16.1. The molecular weight excluding hydrogens is 306 g/mol. The topological polar surface area (TPSA) is 23.6 Å². The molecule has 3 nitrogen and oxygen atoms in total. The van der Waals surface area contributed by atoms with Gasteiger partial charge in [-0.3, -0.25) is 9.69 Å². The van der Waals surface area contributed by atoms with Crippen molar-refractivity contribution in [3.63, 3.8) is 0 Å². The van der Waals surface area contributed by atoms with Gasteiger partial charge in [0, 0.05) is 13.1 Å². The molecule has 0 aromatic heterocycles. The van der Waals surface area contributed by atoms with Crippen LogP contribution in [0.4, 0.5) is 14.5 Å². The molecule has 2 aliphatic heterocycles. The molecule has 0 spiro atoms. The lowest BCUT2D eigenvalue weighted by Crippen LogP contribution is -2.41. The zero-order valence-electron chi connectivity index (χ0n) is 12.6. The van der Waals surface area contributed by atoms with Crippen molar-refractivity contribution in [2.75, 3.05) is 36.5 Å². The highest BCUT2D eigenvalue weighted by atomic mass is 32.2. The first-order valence-electron chi connectivity index (χ1n) is 7.60. The van der Waals surface area contributed by atoms with E-state index in [-0.39, 0.29) is 17.6 Å². The summed E-state index contributed by atoms with van der Waals surface area (Å²) in [5.74, 6) is 0.200. The van der Waals surface area contributed by atoms with E-state index in [0.29, 0.717) is 18.9 Å². The Labute approximate surface area is 133 Å². The van der Waals surface area contributed by atoms with Gasteiger partial charge >= 0.3 is 0 Å². The average Bonchev–Trinajstić information content (AvgIpc) is 3.07. The van der Waals surface area contributed by atoms with Gasteiger partial charge in [-0.2, -0.15) is 11.8 Å². The Bertz CT molecular complexity index is 549. The standard InChI is InChI=1S/C16H20F2N2OS/c1-22-10-11-5-7-19(9-11)14-6-8-20(16(14)21)15-12(17)3-2-4-13(15)18/h2-4,11,14H,5-10H2,1H3/t11-,14-/m1/s1. The maximum atomic E-state index is 13.9. The molecule has 22 heavy (non-hydrogen) atoms. The third kappa shape index (κ3) is 2.86. The van der Waals surface area contributed by atoms with E-state index < -0.39 is 11.6 Å². The zero-order chi connectivity index (χ0) is 15.7. The summed E-state index contributed by atoms with van der Waals surface area (Å²) in [7, 11) is 0. The number of carbonyl (C=O) groups excluding carboxylic acids is 1. The highest BCUT2D eigenvalue weighted by Gasteiger charge is 2.40. The van der Waals surface area contributed by atoms with Crippen LogP contribution in [0.1, 0.15) is 12.8 Å². The minimum Gasteiger partial charge on any atom is -0.306 e. The number of nitrogens with zero attached hydrogens (tertiary/aromatic N) is 2. The van der Waals surface area contributed by atoms with Gasteiger partial charge in [-0.05, 0) is 49.4 Å². The Kier molecular flexibility index (Phi) is 4.68. The normalized spacial score (nSPS) is 26.1. The first kappa shape index (κ1) is 15.7. The van der Waals surface area contributed by atoms with Crippen LogP contribution in [-0.2, 0) is 4.79 Å². The van der Waals surface area contributed by atoms with Crippen molar-refractivity contribution in [1.29, 1.82) is 0 Å². The number of benzene rings is 1. The Hall–Kier alpha value is -1.14. The summed E-state index contributed by atoms with van der Waals surface area (Å²) in [5, 5.41) is 0. The summed E-state index contributed by atoms with van der Waals surface area (Å²) in [6.07, 6.45) is 3.82. The first-order chi connectivity index (χ1) is 10.6. The number of rotatable bonds is 4. The second-order valence-electron chi connectivity index (χ2n) is 5.97. The molecular formula is C16H20F2N2OS. The van der Waals surface area contributed by atoms with Crippen LogP contribution in [0.15, 0.2) is 18.2 Å². The van der Waals surface area contributed by atoms with Crippen molar-refractivity contribution < 1.29 is 13.6 Å². The fourth-order valence-corrected chi connectivity index (χ4v) is 4.23. The third-order valence-corrected chi connectivity index (χ3v) is 5.35. The van der Waals surface area contributed by atoms with Gasteiger partial charge < -0.3 is 4.90 Å². The number of amides is 1. The van der Waals surface area contributed by atoms with Crippen molar-refractivity contribution >= 4 is 23.4 Å². The van der Waals surface area contributed by atoms with Crippen molar-refractivity contribution in [3.05, 3.63) is 29.8 Å². The summed E-state index contributed by atoms with van der Waals surface area (Å²) in [6.45, 7) is 2.19. The van der Waals surface area contributed by atoms with Gasteiger partial charge in [-0.1, -0.05) is 6.07 Å². The fourth-order valence-electron chi connectivity index (χ4n) is 3.49.